The lowest BCUT2D eigenvalue weighted by Gasteiger charge is -2.44. The summed E-state index contributed by atoms with van der Waals surface area (Å²) in [5, 5.41) is 0. The summed E-state index contributed by atoms with van der Waals surface area (Å²) < 4.78 is 5.36. The fourth-order valence-electron chi connectivity index (χ4n) is 7.21. The van der Waals surface area contributed by atoms with Crippen LogP contribution >= 0.6 is 0 Å². The molecule has 4 aliphatic carbocycles. The number of cyclic esters (lactones) is 1. The van der Waals surface area contributed by atoms with E-state index < -0.39 is 0 Å². The Bertz CT molecular complexity index is 431. The summed E-state index contributed by atoms with van der Waals surface area (Å²) in [4.78, 5) is 12.2. The molecule has 4 bridgehead atoms. The van der Waals surface area contributed by atoms with Crippen LogP contribution in [0.4, 0.5) is 0 Å². The Morgan fingerprint density at radius 1 is 1.17 bits per heavy atom. The van der Waals surface area contributed by atoms with Crippen LogP contribution in [-0.4, -0.2) is 12.6 Å². The summed E-state index contributed by atoms with van der Waals surface area (Å²) in [7, 11) is 0. The minimum Gasteiger partial charge on any atom is -0.465 e. The highest BCUT2D eigenvalue weighted by Gasteiger charge is 2.71. The van der Waals surface area contributed by atoms with E-state index in [0.717, 1.165) is 41.9 Å². The van der Waals surface area contributed by atoms with Crippen LogP contribution in [-0.2, 0) is 9.53 Å². The van der Waals surface area contributed by atoms with Gasteiger partial charge in [-0.25, -0.2) is 0 Å². The third kappa shape index (κ3) is 0.916. The molecular formula is C16H22O2. The van der Waals surface area contributed by atoms with Crippen LogP contribution < -0.4 is 0 Å². The summed E-state index contributed by atoms with van der Waals surface area (Å²) in [6.07, 6.45) is 6.52. The lowest BCUT2D eigenvalue weighted by Crippen LogP contribution is -2.43. The molecule has 0 amide bonds. The first-order chi connectivity index (χ1) is 8.71. The smallest absolute Gasteiger partial charge is 0.312 e. The van der Waals surface area contributed by atoms with E-state index in [4.69, 9.17) is 4.74 Å². The monoisotopic (exact) mass is 246 g/mol. The molecule has 7 unspecified atom stereocenters. The third-order valence-corrected chi connectivity index (χ3v) is 7.55. The largest absolute Gasteiger partial charge is 0.465 e. The second kappa shape index (κ2) is 2.96. The second-order valence-electron chi connectivity index (χ2n) is 7.88. The van der Waals surface area contributed by atoms with E-state index in [1.54, 1.807) is 0 Å². The molecule has 5 fully saturated rings. The van der Waals surface area contributed by atoms with Gasteiger partial charge in [-0.3, -0.25) is 4.79 Å². The zero-order valence-electron chi connectivity index (χ0n) is 11.1. The van der Waals surface area contributed by atoms with Crippen molar-refractivity contribution < 1.29 is 9.53 Å². The summed E-state index contributed by atoms with van der Waals surface area (Å²) in [5.41, 5.74) is -0.0178. The first-order valence-corrected chi connectivity index (χ1v) is 7.88. The van der Waals surface area contributed by atoms with Gasteiger partial charge in [0.25, 0.3) is 0 Å². The van der Waals surface area contributed by atoms with Gasteiger partial charge in [-0.2, -0.15) is 0 Å². The Balaban J connectivity index is 1.57. The van der Waals surface area contributed by atoms with Gasteiger partial charge in [-0.15, -0.1) is 0 Å². The number of esters is 1. The predicted molar refractivity (Wildman–Crippen MR) is 66.6 cm³/mol. The van der Waals surface area contributed by atoms with Crippen LogP contribution in [0.3, 0.4) is 0 Å². The van der Waals surface area contributed by atoms with Crippen molar-refractivity contribution >= 4 is 5.97 Å². The lowest BCUT2D eigenvalue weighted by atomic mass is 9.59. The highest BCUT2D eigenvalue weighted by atomic mass is 16.5. The van der Waals surface area contributed by atoms with Gasteiger partial charge in [0.2, 0.25) is 0 Å². The maximum absolute atomic E-state index is 12.2. The zero-order chi connectivity index (χ0) is 12.1. The first-order valence-electron chi connectivity index (χ1n) is 7.88. The van der Waals surface area contributed by atoms with Crippen LogP contribution in [0.2, 0.25) is 0 Å². The van der Waals surface area contributed by atoms with Gasteiger partial charge >= 0.3 is 5.97 Å². The number of rotatable bonds is 0. The molecule has 1 saturated heterocycles. The van der Waals surface area contributed by atoms with Crippen molar-refractivity contribution in [2.24, 2.45) is 46.8 Å². The van der Waals surface area contributed by atoms with Crippen molar-refractivity contribution in [1.82, 2.24) is 0 Å². The van der Waals surface area contributed by atoms with Gasteiger partial charge in [-0.1, -0.05) is 6.92 Å². The molecular weight excluding hydrogens is 224 g/mol. The molecule has 2 heteroatoms. The normalized spacial score (nSPS) is 63.8. The molecule has 0 aromatic carbocycles. The molecule has 0 aromatic rings. The summed E-state index contributed by atoms with van der Waals surface area (Å²) >= 11 is 0. The molecule has 5 rings (SSSR count). The van der Waals surface area contributed by atoms with E-state index in [-0.39, 0.29) is 11.4 Å². The Labute approximate surface area is 108 Å². The minimum atomic E-state index is -0.0178. The SMILES string of the molecule is CC1CC2CC1C1C2[C@H]2CC1C1(CCOC1=O)C2. The van der Waals surface area contributed by atoms with Crippen molar-refractivity contribution in [3.05, 3.63) is 0 Å². The first kappa shape index (κ1) is 10.3. The zero-order valence-corrected chi connectivity index (χ0v) is 11.1. The highest BCUT2D eigenvalue weighted by molar-refractivity contribution is 5.80. The topological polar surface area (TPSA) is 26.3 Å². The fourth-order valence-corrected chi connectivity index (χ4v) is 7.21. The number of hydrogen-bond donors (Lipinski definition) is 0. The minimum absolute atomic E-state index is 0.0178. The quantitative estimate of drug-likeness (QED) is 0.485. The lowest BCUT2D eigenvalue weighted by molar-refractivity contribution is -0.151. The molecule has 1 spiro atoms. The van der Waals surface area contributed by atoms with Crippen LogP contribution in [0.15, 0.2) is 0 Å². The van der Waals surface area contributed by atoms with Crippen LogP contribution in [0.5, 0.6) is 0 Å². The maximum Gasteiger partial charge on any atom is 0.312 e. The van der Waals surface area contributed by atoms with Crippen LogP contribution in [0.25, 0.3) is 0 Å². The Kier molecular flexibility index (Phi) is 1.69. The maximum atomic E-state index is 12.2. The van der Waals surface area contributed by atoms with E-state index >= 15 is 0 Å². The number of carbonyl (C=O) groups excluding carboxylic acids is 1. The molecule has 0 radical (unpaired) electrons. The van der Waals surface area contributed by atoms with Crippen molar-refractivity contribution in [2.45, 2.75) is 39.0 Å². The third-order valence-electron chi connectivity index (χ3n) is 7.55. The van der Waals surface area contributed by atoms with Crippen molar-refractivity contribution in [3.63, 3.8) is 0 Å². The van der Waals surface area contributed by atoms with Crippen molar-refractivity contribution in [3.8, 4) is 0 Å². The highest BCUT2D eigenvalue weighted by Crippen LogP contribution is 2.74. The van der Waals surface area contributed by atoms with E-state index in [1.165, 1.54) is 25.7 Å². The molecule has 98 valence electrons. The molecule has 1 aliphatic heterocycles. The molecule has 1 heterocycles. The van der Waals surface area contributed by atoms with Gasteiger partial charge in [0.1, 0.15) is 0 Å². The van der Waals surface area contributed by atoms with Gasteiger partial charge in [-0.05, 0) is 73.5 Å². The van der Waals surface area contributed by atoms with E-state index in [0.29, 0.717) is 12.5 Å². The molecule has 2 nitrogen and oxygen atoms in total. The molecule has 4 saturated carbocycles. The van der Waals surface area contributed by atoms with Gasteiger partial charge < -0.3 is 4.74 Å². The number of carbonyl (C=O) groups is 1. The van der Waals surface area contributed by atoms with Crippen molar-refractivity contribution in [2.75, 3.05) is 6.61 Å². The molecule has 5 aliphatic rings. The van der Waals surface area contributed by atoms with Crippen LogP contribution in [0, 0.1) is 46.8 Å². The van der Waals surface area contributed by atoms with E-state index in [9.17, 15) is 4.79 Å². The Morgan fingerprint density at radius 3 is 2.83 bits per heavy atom. The summed E-state index contributed by atoms with van der Waals surface area (Å²) in [6, 6.07) is 0. The molecule has 0 aromatic heterocycles. The average Bonchev–Trinajstić information content (AvgIpc) is 3.05. The predicted octanol–water partition coefficient (Wildman–Crippen LogP) is 2.87. The second-order valence-corrected chi connectivity index (χ2v) is 7.88. The van der Waals surface area contributed by atoms with Crippen LogP contribution in [0.1, 0.15) is 39.0 Å². The van der Waals surface area contributed by atoms with Gasteiger partial charge in [0, 0.05) is 0 Å². The molecule has 0 N–H and O–H groups in total. The summed E-state index contributed by atoms with van der Waals surface area (Å²) in [6.45, 7) is 3.15. The number of ether oxygens (including phenoxy) is 1. The number of hydrogen-bond acceptors (Lipinski definition) is 2. The van der Waals surface area contributed by atoms with Gasteiger partial charge in [0.15, 0.2) is 0 Å². The summed E-state index contributed by atoms with van der Waals surface area (Å²) in [5.74, 6) is 6.50. The molecule has 18 heavy (non-hydrogen) atoms. The van der Waals surface area contributed by atoms with Crippen molar-refractivity contribution in [1.29, 1.82) is 0 Å². The van der Waals surface area contributed by atoms with Gasteiger partial charge in [0.05, 0.1) is 12.0 Å². The molecule has 8 atom stereocenters. The van der Waals surface area contributed by atoms with E-state index in [2.05, 4.69) is 6.92 Å². The Morgan fingerprint density at radius 2 is 2.06 bits per heavy atom. The fraction of sp³-hybridized carbons (Fsp3) is 0.938. The number of fused-ring (bicyclic) bond motifs is 10. The standard InChI is InChI=1S/C16H22O2/c1-8-4-9-5-11(8)14-12-6-10(13(9)14)7-16(12)2-3-18-15(16)17/h8-14H,2-7H2,1H3/t8?,9?,10-,11?,12?,13?,14?,16?/m0/s1. The average molecular weight is 246 g/mol. The Hall–Kier alpha value is -0.530. The van der Waals surface area contributed by atoms with E-state index in [1.807, 2.05) is 0 Å².